The normalized spacial score (nSPS) is 17.8. The summed E-state index contributed by atoms with van der Waals surface area (Å²) in [6.45, 7) is 0. The average molecular weight is 269 g/mol. The molecule has 0 aromatic heterocycles. The van der Waals surface area contributed by atoms with Gasteiger partial charge in [-0.3, -0.25) is 9.79 Å². The predicted molar refractivity (Wildman–Crippen MR) is 75.1 cm³/mol. The minimum Gasteiger partial charge on any atom is -0.322 e. The molecule has 5 heteroatoms. The van der Waals surface area contributed by atoms with Crippen LogP contribution in [0.5, 0.6) is 0 Å². The summed E-state index contributed by atoms with van der Waals surface area (Å²) in [5, 5.41) is 2.71. The van der Waals surface area contributed by atoms with Crippen LogP contribution in [0, 0.1) is 5.82 Å². The molecule has 1 aliphatic rings. The van der Waals surface area contributed by atoms with E-state index in [2.05, 4.69) is 10.3 Å². The Morgan fingerprint density at radius 2 is 1.95 bits per heavy atom. The fourth-order valence-electron chi connectivity index (χ4n) is 2.14. The molecule has 3 N–H and O–H groups in total. The lowest BCUT2D eigenvalue weighted by Gasteiger charge is -2.09. The van der Waals surface area contributed by atoms with Crippen LogP contribution in [0.1, 0.15) is 11.1 Å². The Bertz CT molecular complexity index is 712. The Morgan fingerprint density at radius 3 is 2.75 bits per heavy atom. The molecule has 2 aromatic carbocycles. The minimum absolute atomic E-state index is 0.361. The Labute approximate surface area is 115 Å². The minimum atomic E-state index is -1.01. The van der Waals surface area contributed by atoms with Gasteiger partial charge in [-0.05, 0) is 18.2 Å². The van der Waals surface area contributed by atoms with Crippen LogP contribution in [0.4, 0.5) is 10.1 Å². The number of benzodiazepines with no additional fused rings is 1. The van der Waals surface area contributed by atoms with Gasteiger partial charge in [-0.1, -0.05) is 30.3 Å². The van der Waals surface area contributed by atoms with Crippen molar-refractivity contribution in [2.75, 3.05) is 5.32 Å². The van der Waals surface area contributed by atoms with E-state index in [0.29, 0.717) is 17.0 Å². The third-order valence-electron chi connectivity index (χ3n) is 3.07. The van der Waals surface area contributed by atoms with Gasteiger partial charge in [0.15, 0.2) is 6.17 Å². The number of hydrogen-bond acceptors (Lipinski definition) is 3. The topological polar surface area (TPSA) is 67.5 Å². The van der Waals surface area contributed by atoms with E-state index in [4.69, 9.17) is 5.73 Å². The smallest absolute Gasteiger partial charge is 0.263 e. The molecule has 0 radical (unpaired) electrons. The molecule has 0 fully saturated rings. The Kier molecular flexibility index (Phi) is 3.04. The summed E-state index contributed by atoms with van der Waals surface area (Å²) in [6.07, 6.45) is -1.01. The van der Waals surface area contributed by atoms with E-state index >= 15 is 0 Å². The molecule has 20 heavy (non-hydrogen) atoms. The lowest BCUT2D eigenvalue weighted by molar-refractivity contribution is -0.117. The van der Waals surface area contributed by atoms with Crippen molar-refractivity contribution < 1.29 is 9.18 Å². The number of benzene rings is 2. The molecule has 100 valence electrons. The largest absolute Gasteiger partial charge is 0.322 e. The van der Waals surface area contributed by atoms with E-state index in [1.165, 1.54) is 12.1 Å². The summed E-state index contributed by atoms with van der Waals surface area (Å²) < 4.78 is 13.4. The zero-order valence-electron chi connectivity index (χ0n) is 10.5. The highest BCUT2D eigenvalue weighted by molar-refractivity contribution is 6.19. The highest BCUT2D eigenvalue weighted by Crippen LogP contribution is 2.23. The van der Waals surface area contributed by atoms with Gasteiger partial charge in [0.1, 0.15) is 5.82 Å². The number of fused-ring (bicyclic) bond motifs is 1. The molecule has 0 saturated carbocycles. The lowest BCUT2D eigenvalue weighted by Crippen LogP contribution is -2.33. The molecule has 0 aliphatic carbocycles. The number of anilines is 1. The Hall–Kier alpha value is -2.53. The number of nitrogens with one attached hydrogen (secondary N) is 1. The third kappa shape index (κ3) is 2.19. The molecule has 0 unspecified atom stereocenters. The first kappa shape index (κ1) is 12.5. The number of hydrogen-bond donors (Lipinski definition) is 2. The van der Waals surface area contributed by atoms with Gasteiger partial charge in [0.05, 0.1) is 11.4 Å². The number of nitrogens with zero attached hydrogens (tertiary/aromatic N) is 1. The maximum atomic E-state index is 13.4. The molecule has 1 atom stereocenters. The quantitative estimate of drug-likeness (QED) is 0.830. The maximum absolute atomic E-state index is 13.4. The van der Waals surface area contributed by atoms with E-state index < -0.39 is 6.17 Å². The fraction of sp³-hybridized carbons (Fsp3) is 0.0667. The standard InChI is InChI=1S/C15H12FN3O/c16-10-5-3-4-9(8-10)13-11-6-1-2-7-12(11)18-15(20)14(17)19-13/h1-8,14H,17H2,(H,18,20)/t14-/m0/s1. The van der Waals surface area contributed by atoms with Gasteiger partial charge in [0.25, 0.3) is 5.91 Å². The second kappa shape index (κ2) is 4.86. The molecule has 0 spiro atoms. The van der Waals surface area contributed by atoms with E-state index in [-0.39, 0.29) is 11.7 Å². The number of para-hydroxylation sites is 1. The van der Waals surface area contributed by atoms with Gasteiger partial charge in [-0.2, -0.15) is 0 Å². The van der Waals surface area contributed by atoms with Crippen LogP contribution < -0.4 is 11.1 Å². The number of nitrogens with two attached hydrogens (primary N) is 1. The van der Waals surface area contributed by atoms with Crippen LogP contribution in [-0.2, 0) is 4.79 Å². The van der Waals surface area contributed by atoms with E-state index in [9.17, 15) is 9.18 Å². The summed E-state index contributed by atoms with van der Waals surface area (Å²) in [5.41, 5.74) is 8.16. The summed E-state index contributed by atoms with van der Waals surface area (Å²) in [5.74, 6) is -0.747. The number of halogens is 1. The van der Waals surface area contributed by atoms with Crippen molar-refractivity contribution in [2.45, 2.75) is 6.17 Å². The summed E-state index contributed by atoms with van der Waals surface area (Å²) in [7, 11) is 0. The number of amides is 1. The molecule has 1 heterocycles. The molecule has 0 bridgehead atoms. The van der Waals surface area contributed by atoms with Crippen molar-refractivity contribution in [3.05, 3.63) is 65.5 Å². The number of aliphatic imine (C=N–C) groups is 1. The van der Waals surface area contributed by atoms with Crippen molar-refractivity contribution in [1.82, 2.24) is 0 Å². The first-order valence-corrected chi connectivity index (χ1v) is 6.15. The zero-order chi connectivity index (χ0) is 14.1. The molecule has 1 aliphatic heterocycles. The van der Waals surface area contributed by atoms with Crippen molar-refractivity contribution in [1.29, 1.82) is 0 Å². The first-order valence-electron chi connectivity index (χ1n) is 6.15. The van der Waals surface area contributed by atoms with Gasteiger partial charge >= 0.3 is 0 Å². The van der Waals surface area contributed by atoms with Crippen LogP contribution in [0.2, 0.25) is 0 Å². The van der Waals surface area contributed by atoms with Crippen molar-refractivity contribution in [3.8, 4) is 0 Å². The number of carbonyl (C=O) groups is 1. The van der Waals surface area contributed by atoms with Gasteiger partial charge in [-0.15, -0.1) is 0 Å². The van der Waals surface area contributed by atoms with Crippen molar-refractivity contribution >= 4 is 17.3 Å². The summed E-state index contributed by atoms with van der Waals surface area (Å²) in [4.78, 5) is 16.0. The third-order valence-corrected chi connectivity index (χ3v) is 3.07. The SMILES string of the molecule is N[C@H]1N=C(c2cccc(F)c2)c2ccccc2NC1=O. The molecule has 2 aromatic rings. The molecule has 3 rings (SSSR count). The van der Waals surface area contributed by atoms with E-state index in [1.807, 2.05) is 12.1 Å². The maximum Gasteiger partial charge on any atom is 0.263 e. The molecular weight excluding hydrogens is 257 g/mol. The van der Waals surface area contributed by atoms with Crippen LogP contribution >= 0.6 is 0 Å². The molecular formula is C15H12FN3O. The highest BCUT2D eigenvalue weighted by atomic mass is 19.1. The lowest BCUT2D eigenvalue weighted by atomic mass is 10.0. The second-order valence-corrected chi connectivity index (χ2v) is 4.47. The molecule has 0 saturated heterocycles. The second-order valence-electron chi connectivity index (χ2n) is 4.47. The Balaban J connectivity index is 2.21. The number of rotatable bonds is 1. The molecule has 4 nitrogen and oxygen atoms in total. The zero-order valence-corrected chi connectivity index (χ0v) is 10.5. The van der Waals surface area contributed by atoms with E-state index in [0.717, 1.165) is 5.56 Å². The Morgan fingerprint density at radius 1 is 1.15 bits per heavy atom. The van der Waals surface area contributed by atoms with Crippen LogP contribution in [-0.4, -0.2) is 17.8 Å². The monoisotopic (exact) mass is 269 g/mol. The van der Waals surface area contributed by atoms with Crippen LogP contribution in [0.3, 0.4) is 0 Å². The summed E-state index contributed by atoms with van der Waals surface area (Å²) >= 11 is 0. The summed E-state index contributed by atoms with van der Waals surface area (Å²) in [6, 6.07) is 13.3. The first-order chi connectivity index (χ1) is 9.65. The van der Waals surface area contributed by atoms with Gasteiger partial charge < -0.3 is 11.1 Å². The predicted octanol–water partition coefficient (Wildman–Crippen LogP) is 1.90. The average Bonchev–Trinajstić information content (AvgIpc) is 2.57. The van der Waals surface area contributed by atoms with E-state index in [1.54, 1.807) is 24.3 Å². The van der Waals surface area contributed by atoms with Gasteiger partial charge in [0, 0.05) is 11.1 Å². The van der Waals surface area contributed by atoms with Crippen LogP contribution in [0.25, 0.3) is 0 Å². The van der Waals surface area contributed by atoms with Gasteiger partial charge in [0.2, 0.25) is 0 Å². The van der Waals surface area contributed by atoms with Gasteiger partial charge in [-0.25, -0.2) is 4.39 Å². The molecule has 1 amide bonds. The highest BCUT2D eigenvalue weighted by Gasteiger charge is 2.22. The van der Waals surface area contributed by atoms with Crippen molar-refractivity contribution in [3.63, 3.8) is 0 Å². The van der Waals surface area contributed by atoms with Crippen molar-refractivity contribution in [2.24, 2.45) is 10.7 Å². The van der Waals surface area contributed by atoms with Crippen LogP contribution in [0.15, 0.2) is 53.5 Å². The fourth-order valence-corrected chi connectivity index (χ4v) is 2.14. The number of carbonyl (C=O) groups excluding carboxylic acids is 1.